The van der Waals surface area contributed by atoms with Gasteiger partial charge in [-0.25, -0.2) is 0 Å². The van der Waals surface area contributed by atoms with Crippen molar-refractivity contribution in [3.05, 3.63) is 227 Å². The number of hydrogen-bond acceptors (Lipinski definition) is 2. The smallest absolute Gasteiger partial charge is 0.195 e. The second kappa shape index (κ2) is 13.0. The lowest BCUT2D eigenvalue weighted by molar-refractivity contribution is -0.109. The number of Topliss-reactive ketones (excluding diaryl/α,β-unsaturated/α-hetero) is 2. The average Bonchev–Trinajstić information content (AvgIpc) is 3.63. The molecule has 0 N–H and O–H groups in total. The van der Waals surface area contributed by atoms with Crippen molar-refractivity contribution in [1.29, 1.82) is 0 Å². The monoisotopic (exact) mass is 628 g/mol. The maximum absolute atomic E-state index is 14.9. The van der Waals surface area contributed by atoms with Crippen molar-refractivity contribution in [1.82, 2.24) is 0 Å². The van der Waals surface area contributed by atoms with Gasteiger partial charge in [-0.3, -0.25) is 9.59 Å². The van der Waals surface area contributed by atoms with E-state index in [1.54, 1.807) is 0 Å². The third-order valence-electron chi connectivity index (χ3n) is 9.34. The van der Waals surface area contributed by atoms with Crippen molar-refractivity contribution >= 4 is 45.0 Å². The fourth-order valence-corrected chi connectivity index (χ4v) is 7.26. The quantitative estimate of drug-likeness (QED) is 0.168. The molecule has 0 radical (unpaired) electrons. The van der Waals surface area contributed by atoms with Gasteiger partial charge in [0.15, 0.2) is 11.6 Å². The van der Waals surface area contributed by atoms with Crippen LogP contribution < -0.4 is 0 Å². The van der Waals surface area contributed by atoms with Crippen molar-refractivity contribution in [3.8, 4) is 0 Å². The van der Waals surface area contributed by atoms with Crippen LogP contribution in [0.15, 0.2) is 193 Å². The number of carbonyl (C=O) groups excluding carboxylic acids is 2. The molecule has 0 fully saturated rings. The molecule has 0 saturated carbocycles. The van der Waals surface area contributed by atoms with Gasteiger partial charge in [0.05, 0.1) is 0 Å². The van der Waals surface area contributed by atoms with E-state index in [-0.39, 0.29) is 11.6 Å². The maximum Gasteiger partial charge on any atom is 0.195 e. The van der Waals surface area contributed by atoms with Crippen LogP contribution in [0.25, 0.3) is 33.4 Å². The van der Waals surface area contributed by atoms with Gasteiger partial charge in [-0.15, -0.1) is 0 Å². The number of rotatable bonds is 8. The third-order valence-corrected chi connectivity index (χ3v) is 9.34. The Kier molecular flexibility index (Phi) is 7.97. The summed E-state index contributed by atoms with van der Waals surface area (Å²) in [4.78, 5) is 29.8. The summed E-state index contributed by atoms with van der Waals surface area (Å²) >= 11 is 0. The molecule has 8 rings (SSSR count). The van der Waals surface area contributed by atoms with Gasteiger partial charge < -0.3 is 0 Å². The third kappa shape index (κ3) is 5.44. The lowest BCUT2D eigenvalue weighted by Gasteiger charge is -2.18. The Hall–Kier alpha value is -6.38. The molecule has 232 valence electrons. The zero-order chi connectivity index (χ0) is 33.2. The standard InChI is InChI=1S/C47H32O2/c48-46-42(34-23-11-3-12-24-34)38(40(32-19-7-1-8-20-32)44(46)36-27-15-5-16-28-36)31-39-41(33-21-9-2-10-22-33)45(37-29-17-6-18-30-37)47(49)43(39)35-25-13-4-14-26-35/h1-30H,31H2. The Morgan fingerprint density at radius 3 is 0.694 bits per heavy atom. The molecule has 0 atom stereocenters. The largest absolute Gasteiger partial charge is 0.289 e. The van der Waals surface area contributed by atoms with Crippen molar-refractivity contribution in [2.45, 2.75) is 6.42 Å². The predicted octanol–water partition coefficient (Wildman–Crippen LogP) is 10.7. The molecule has 0 bridgehead atoms. The molecule has 0 aromatic heterocycles. The molecule has 0 heterocycles. The summed E-state index contributed by atoms with van der Waals surface area (Å²) in [7, 11) is 0. The van der Waals surface area contributed by atoms with Gasteiger partial charge >= 0.3 is 0 Å². The van der Waals surface area contributed by atoms with Gasteiger partial charge in [0.2, 0.25) is 0 Å². The lowest BCUT2D eigenvalue weighted by Crippen LogP contribution is -2.03. The van der Waals surface area contributed by atoms with Crippen molar-refractivity contribution < 1.29 is 9.59 Å². The molecule has 0 saturated heterocycles. The second-order valence-electron chi connectivity index (χ2n) is 12.2. The number of ketones is 2. The van der Waals surface area contributed by atoms with Gasteiger partial charge in [-0.1, -0.05) is 182 Å². The molecule has 2 nitrogen and oxygen atoms in total. The first-order chi connectivity index (χ1) is 24.2. The van der Waals surface area contributed by atoms with Crippen LogP contribution >= 0.6 is 0 Å². The molecule has 2 aliphatic rings. The zero-order valence-electron chi connectivity index (χ0n) is 26.8. The maximum atomic E-state index is 14.9. The van der Waals surface area contributed by atoms with Gasteiger partial charge in [-0.2, -0.15) is 0 Å². The Bertz CT molecular complexity index is 2140. The van der Waals surface area contributed by atoms with Crippen molar-refractivity contribution in [2.75, 3.05) is 0 Å². The summed E-state index contributed by atoms with van der Waals surface area (Å²) < 4.78 is 0. The highest BCUT2D eigenvalue weighted by atomic mass is 16.1. The normalized spacial score (nSPS) is 14.8. The molecule has 6 aromatic rings. The number of allylic oxidation sites excluding steroid dienone is 8. The van der Waals surface area contributed by atoms with Crippen LogP contribution in [0.2, 0.25) is 0 Å². The van der Waals surface area contributed by atoms with E-state index in [2.05, 4.69) is 24.3 Å². The van der Waals surface area contributed by atoms with E-state index in [0.717, 1.165) is 55.7 Å². The summed E-state index contributed by atoms with van der Waals surface area (Å²) in [5, 5.41) is 0. The van der Waals surface area contributed by atoms with E-state index >= 15 is 0 Å². The molecule has 49 heavy (non-hydrogen) atoms. The minimum atomic E-state index is -0.00837. The first-order valence-electron chi connectivity index (χ1n) is 16.6. The highest BCUT2D eigenvalue weighted by molar-refractivity contribution is 6.54. The van der Waals surface area contributed by atoms with Gasteiger partial charge in [-0.05, 0) is 55.7 Å². The molecule has 0 spiro atoms. The van der Waals surface area contributed by atoms with E-state index in [4.69, 9.17) is 0 Å². The molecular formula is C47H32O2. The number of carbonyl (C=O) groups is 2. The van der Waals surface area contributed by atoms with Gasteiger partial charge in [0.25, 0.3) is 0 Å². The number of benzene rings is 6. The second-order valence-corrected chi connectivity index (χ2v) is 12.2. The number of hydrogen-bond donors (Lipinski definition) is 0. The fourth-order valence-electron chi connectivity index (χ4n) is 7.26. The summed E-state index contributed by atoms with van der Waals surface area (Å²) in [5.41, 5.74) is 11.8. The SMILES string of the molecule is O=C1C(c2ccccc2)=C(CC2=C(c3ccccc3)C(=O)C(c3ccccc3)=C2c2ccccc2)C(c2ccccc2)=C1c1ccccc1. The minimum absolute atomic E-state index is 0.00837. The lowest BCUT2D eigenvalue weighted by atomic mass is 9.84. The van der Waals surface area contributed by atoms with Crippen LogP contribution in [0.1, 0.15) is 39.8 Å². The molecule has 2 aliphatic carbocycles. The van der Waals surface area contributed by atoms with Gasteiger partial charge in [0, 0.05) is 28.7 Å². The zero-order valence-corrected chi connectivity index (χ0v) is 26.8. The molecule has 6 aromatic carbocycles. The highest BCUT2D eigenvalue weighted by Crippen LogP contribution is 2.53. The average molecular weight is 629 g/mol. The van der Waals surface area contributed by atoms with E-state index in [0.29, 0.717) is 28.7 Å². The van der Waals surface area contributed by atoms with Crippen LogP contribution in [0.3, 0.4) is 0 Å². The Balaban J connectivity index is 1.46. The molecule has 0 unspecified atom stereocenters. The molecule has 2 heteroatoms. The summed E-state index contributed by atoms with van der Waals surface area (Å²) in [6.45, 7) is 0. The van der Waals surface area contributed by atoms with Crippen LogP contribution in [0.4, 0.5) is 0 Å². The Morgan fingerprint density at radius 2 is 0.449 bits per heavy atom. The van der Waals surface area contributed by atoms with E-state index < -0.39 is 0 Å². The summed E-state index contributed by atoms with van der Waals surface area (Å²) in [6.07, 6.45) is 0.382. The fraction of sp³-hybridized carbons (Fsp3) is 0.0213. The van der Waals surface area contributed by atoms with Crippen molar-refractivity contribution in [3.63, 3.8) is 0 Å². The van der Waals surface area contributed by atoms with Crippen LogP contribution in [-0.2, 0) is 9.59 Å². The highest BCUT2D eigenvalue weighted by Gasteiger charge is 2.39. The van der Waals surface area contributed by atoms with Gasteiger partial charge in [0.1, 0.15) is 0 Å². The molecule has 0 amide bonds. The van der Waals surface area contributed by atoms with Crippen molar-refractivity contribution in [2.24, 2.45) is 0 Å². The van der Waals surface area contributed by atoms with E-state index in [9.17, 15) is 9.59 Å². The van der Waals surface area contributed by atoms with Crippen LogP contribution in [0, 0.1) is 0 Å². The minimum Gasteiger partial charge on any atom is -0.289 e. The summed E-state index contributed by atoms with van der Waals surface area (Å²) in [6, 6.07) is 60.2. The molecular weight excluding hydrogens is 597 g/mol. The molecule has 0 aliphatic heterocycles. The van der Waals surface area contributed by atoms with Crippen LogP contribution in [0.5, 0.6) is 0 Å². The topological polar surface area (TPSA) is 34.1 Å². The van der Waals surface area contributed by atoms with E-state index in [1.807, 2.05) is 158 Å². The first-order valence-corrected chi connectivity index (χ1v) is 16.6. The first kappa shape index (κ1) is 30.0. The predicted molar refractivity (Wildman–Crippen MR) is 201 cm³/mol. The Morgan fingerprint density at radius 1 is 0.245 bits per heavy atom. The van der Waals surface area contributed by atoms with E-state index in [1.165, 1.54) is 0 Å². The summed E-state index contributed by atoms with van der Waals surface area (Å²) in [5.74, 6) is -0.0167. The van der Waals surface area contributed by atoms with Crippen LogP contribution in [-0.4, -0.2) is 11.6 Å². The Labute approximate surface area is 286 Å².